The van der Waals surface area contributed by atoms with Gasteiger partial charge in [0.25, 0.3) is 5.69 Å². The van der Waals surface area contributed by atoms with E-state index in [1.54, 1.807) is 6.07 Å². The van der Waals surface area contributed by atoms with E-state index in [1.807, 2.05) is 0 Å². The first kappa shape index (κ1) is 12.4. The summed E-state index contributed by atoms with van der Waals surface area (Å²) in [6, 6.07) is 3.59. The van der Waals surface area contributed by atoms with E-state index in [1.165, 1.54) is 37.9 Å². The predicted octanol–water partition coefficient (Wildman–Crippen LogP) is 3.23. The highest BCUT2D eigenvalue weighted by atomic mass is 16.6. The molecule has 0 saturated heterocycles. The monoisotopic (exact) mass is 261 g/mol. The van der Waals surface area contributed by atoms with Crippen molar-refractivity contribution in [2.75, 3.05) is 5.32 Å². The molecule has 1 N–H and O–H groups in total. The lowest BCUT2D eigenvalue weighted by molar-refractivity contribution is -0.385. The summed E-state index contributed by atoms with van der Waals surface area (Å²) in [6.45, 7) is 2.20. The quantitative estimate of drug-likeness (QED) is 0.667. The number of hydrogen-bond donors (Lipinski definition) is 1. The van der Waals surface area contributed by atoms with Crippen LogP contribution in [0.4, 0.5) is 11.5 Å². The van der Waals surface area contributed by atoms with Gasteiger partial charge < -0.3 is 5.32 Å². The SMILES string of the molecule is C[C@H](Nc1ccc([N+](=O)[O-])cn1)[C@@H]1C[C@H]2CC[C@H]1C2. The first-order valence-corrected chi connectivity index (χ1v) is 7.00. The van der Waals surface area contributed by atoms with Gasteiger partial charge in [-0.05, 0) is 50.0 Å². The highest BCUT2D eigenvalue weighted by Crippen LogP contribution is 2.49. The molecule has 2 bridgehead atoms. The van der Waals surface area contributed by atoms with Gasteiger partial charge in [-0.1, -0.05) is 6.42 Å². The lowest BCUT2D eigenvalue weighted by Gasteiger charge is -2.28. The summed E-state index contributed by atoms with van der Waals surface area (Å²) >= 11 is 0. The van der Waals surface area contributed by atoms with Crippen molar-refractivity contribution >= 4 is 11.5 Å². The summed E-state index contributed by atoms with van der Waals surface area (Å²) in [6.07, 6.45) is 6.81. The Bertz CT molecular complexity index is 474. The Morgan fingerprint density at radius 3 is 2.79 bits per heavy atom. The molecule has 19 heavy (non-hydrogen) atoms. The van der Waals surface area contributed by atoms with Gasteiger partial charge in [0.05, 0.1) is 4.92 Å². The minimum atomic E-state index is -0.420. The molecule has 1 aromatic heterocycles. The van der Waals surface area contributed by atoms with Gasteiger partial charge in [-0.15, -0.1) is 0 Å². The molecule has 3 rings (SSSR count). The highest BCUT2D eigenvalue weighted by Gasteiger charge is 2.41. The molecular weight excluding hydrogens is 242 g/mol. The van der Waals surface area contributed by atoms with Crippen LogP contribution in [0.15, 0.2) is 18.3 Å². The molecule has 5 nitrogen and oxygen atoms in total. The molecular formula is C14H19N3O2. The van der Waals surface area contributed by atoms with Crippen molar-refractivity contribution in [2.45, 2.75) is 38.6 Å². The zero-order valence-electron chi connectivity index (χ0n) is 11.1. The zero-order valence-corrected chi connectivity index (χ0v) is 11.1. The maximum absolute atomic E-state index is 10.6. The molecule has 0 radical (unpaired) electrons. The van der Waals surface area contributed by atoms with Crippen LogP contribution in [-0.4, -0.2) is 15.9 Å². The first-order chi connectivity index (χ1) is 9.13. The topological polar surface area (TPSA) is 68.1 Å². The van der Waals surface area contributed by atoms with Gasteiger partial charge in [-0.3, -0.25) is 10.1 Å². The van der Waals surface area contributed by atoms with Crippen molar-refractivity contribution in [2.24, 2.45) is 17.8 Å². The van der Waals surface area contributed by atoms with Gasteiger partial charge in [0.2, 0.25) is 0 Å². The molecule has 2 aliphatic rings. The van der Waals surface area contributed by atoms with Crippen molar-refractivity contribution in [3.63, 3.8) is 0 Å². The van der Waals surface area contributed by atoms with E-state index in [0.29, 0.717) is 6.04 Å². The van der Waals surface area contributed by atoms with Crippen molar-refractivity contribution < 1.29 is 4.92 Å². The van der Waals surface area contributed by atoms with Gasteiger partial charge in [-0.25, -0.2) is 4.98 Å². The average Bonchev–Trinajstić information content (AvgIpc) is 3.01. The summed E-state index contributed by atoms with van der Waals surface area (Å²) in [7, 11) is 0. The molecule has 2 aliphatic carbocycles. The lowest BCUT2D eigenvalue weighted by Crippen LogP contribution is -2.30. The molecule has 1 aromatic rings. The van der Waals surface area contributed by atoms with E-state index in [4.69, 9.17) is 0 Å². The average molecular weight is 261 g/mol. The Balaban J connectivity index is 1.63. The minimum absolute atomic E-state index is 0.0399. The van der Waals surface area contributed by atoms with Crippen LogP contribution >= 0.6 is 0 Å². The molecule has 5 heteroatoms. The molecule has 0 spiro atoms. The van der Waals surface area contributed by atoms with Crippen LogP contribution in [0.25, 0.3) is 0 Å². The van der Waals surface area contributed by atoms with Crippen LogP contribution in [0, 0.1) is 27.9 Å². The Labute approximate surface area is 112 Å². The number of hydrogen-bond acceptors (Lipinski definition) is 4. The van der Waals surface area contributed by atoms with Gasteiger partial charge in [0.1, 0.15) is 12.0 Å². The number of fused-ring (bicyclic) bond motifs is 2. The molecule has 0 aromatic carbocycles. The number of nitrogens with zero attached hydrogens (tertiary/aromatic N) is 2. The molecule has 2 fully saturated rings. The minimum Gasteiger partial charge on any atom is -0.367 e. The number of anilines is 1. The molecule has 0 aliphatic heterocycles. The third-order valence-corrected chi connectivity index (χ3v) is 4.77. The van der Waals surface area contributed by atoms with Gasteiger partial charge in [0.15, 0.2) is 0 Å². The second-order valence-corrected chi connectivity index (χ2v) is 5.93. The molecule has 1 heterocycles. The maximum atomic E-state index is 10.6. The molecule has 0 unspecified atom stereocenters. The number of nitrogens with one attached hydrogen (secondary N) is 1. The molecule has 2 saturated carbocycles. The van der Waals surface area contributed by atoms with Crippen LogP contribution in [0.2, 0.25) is 0 Å². The van der Waals surface area contributed by atoms with Gasteiger partial charge >= 0.3 is 0 Å². The van der Waals surface area contributed by atoms with E-state index in [0.717, 1.165) is 23.6 Å². The van der Waals surface area contributed by atoms with Gasteiger partial charge in [-0.2, -0.15) is 0 Å². The Kier molecular flexibility index (Phi) is 3.12. The summed E-state index contributed by atoms with van der Waals surface area (Å²) in [4.78, 5) is 14.3. The third kappa shape index (κ3) is 2.41. The Morgan fingerprint density at radius 2 is 2.26 bits per heavy atom. The van der Waals surface area contributed by atoms with Crippen molar-refractivity contribution in [1.82, 2.24) is 4.98 Å². The molecule has 4 atom stereocenters. The fourth-order valence-electron chi connectivity index (χ4n) is 3.83. The third-order valence-electron chi connectivity index (χ3n) is 4.77. The van der Waals surface area contributed by atoms with Crippen LogP contribution in [0.3, 0.4) is 0 Å². The fourth-order valence-corrected chi connectivity index (χ4v) is 3.83. The summed E-state index contributed by atoms with van der Waals surface area (Å²) in [5.74, 6) is 3.27. The zero-order chi connectivity index (χ0) is 13.4. The first-order valence-electron chi connectivity index (χ1n) is 7.00. The van der Waals surface area contributed by atoms with Gasteiger partial charge in [0, 0.05) is 12.1 Å². The standard InChI is InChI=1S/C14H19N3O2/c1-9(13-7-10-2-3-11(13)6-10)16-14-5-4-12(8-15-14)17(18)19/h4-5,8-11,13H,2-3,6-7H2,1H3,(H,15,16)/t9-,10-,11-,13-/m0/s1. The number of pyridine rings is 1. The van der Waals surface area contributed by atoms with Crippen molar-refractivity contribution in [1.29, 1.82) is 0 Å². The van der Waals surface area contributed by atoms with E-state index in [9.17, 15) is 10.1 Å². The van der Waals surface area contributed by atoms with Crippen molar-refractivity contribution in [3.05, 3.63) is 28.4 Å². The smallest absolute Gasteiger partial charge is 0.287 e. The van der Waals surface area contributed by atoms with Crippen LogP contribution in [0.5, 0.6) is 0 Å². The second kappa shape index (κ2) is 4.79. The van der Waals surface area contributed by atoms with E-state index < -0.39 is 4.92 Å². The van der Waals surface area contributed by atoms with E-state index in [2.05, 4.69) is 17.2 Å². The number of nitro groups is 1. The lowest BCUT2D eigenvalue weighted by atomic mass is 9.84. The molecule has 102 valence electrons. The number of aromatic nitrogens is 1. The molecule has 0 amide bonds. The Morgan fingerprint density at radius 1 is 1.42 bits per heavy atom. The predicted molar refractivity (Wildman–Crippen MR) is 72.9 cm³/mol. The summed E-state index contributed by atoms with van der Waals surface area (Å²) in [5, 5.41) is 14.0. The normalized spacial score (nSPS) is 30.3. The van der Waals surface area contributed by atoms with Crippen LogP contribution in [-0.2, 0) is 0 Å². The van der Waals surface area contributed by atoms with Crippen LogP contribution < -0.4 is 5.32 Å². The van der Waals surface area contributed by atoms with Crippen LogP contribution in [0.1, 0.15) is 32.6 Å². The number of rotatable bonds is 4. The second-order valence-electron chi connectivity index (χ2n) is 5.93. The summed E-state index contributed by atoms with van der Waals surface area (Å²) in [5.41, 5.74) is 0.0399. The van der Waals surface area contributed by atoms with E-state index >= 15 is 0 Å². The highest BCUT2D eigenvalue weighted by molar-refractivity contribution is 5.41. The Hall–Kier alpha value is -1.65. The van der Waals surface area contributed by atoms with E-state index in [-0.39, 0.29) is 5.69 Å². The fraction of sp³-hybridized carbons (Fsp3) is 0.643. The largest absolute Gasteiger partial charge is 0.367 e. The summed E-state index contributed by atoms with van der Waals surface area (Å²) < 4.78 is 0. The maximum Gasteiger partial charge on any atom is 0.287 e. The van der Waals surface area contributed by atoms with Crippen molar-refractivity contribution in [3.8, 4) is 0 Å².